The number of alkyl halides is 3. The van der Waals surface area contributed by atoms with E-state index in [2.05, 4.69) is 0 Å². The second-order valence-electron chi connectivity index (χ2n) is 8.38. The Balaban J connectivity index is 1.42. The van der Waals surface area contributed by atoms with E-state index < -0.39 is 40.7 Å². The molecule has 9 heteroatoms. The van der Waals surface area contributed by atoms with Crippen LogP contribution in [0.5, 0.6) is 0 Å². The van der Waals surface area contributed by atoms with Gasteiger partial charge in [-0.15, -0.1) is 0 Å². The molecule has 1 atom stereocenters. The standard InChI is InChI=1S/C22H20F6N2O/c23-17-10-19(25)18(24)9-16(17)20(31)30-7-5-21(13-30)4-6-29(12-21)11-14-2-1-3-15(8-14)22(26,27)28/h1-3,8-10H,4-7,11-13H2. The maximum absolute atomic E-state index is 14.0. The van der Waals surface area contributed by atoms with E-state index in [4.69, 9.17) is 0 Å². The minimum Gasteiger partial charge on any atom is -0.338 e. The number of halogens is 6. The van der Waals surface area contributed by atoms with Crippen LogP contribution < -0.4 is 0 Å². The molecule has 0 radical (unpaired) electrons. The number of carbonyl (C=O) groups is 1. The van der Waals surface area contributed by atoms with Gasteiger partial charge in [0.15, 0.2) is 11.6 Å². The molecule has 31 heavy (non-hydrogen) atoms. The van der Waals surface area contributed by atoms with E-state index in [1.54, 1.807) is 6.07 Å². The normalized spacial score (nSPS) is 21.9. The molecular formula is C22H20F6N2O. The lowest BCUT2D eigenvalue weighted by Crippen LogP contribution is -2.34. The van der Waals surface area contributed by atoms with Crippen LogP contribution in [0.4, 0.5) is 26.3 Å². The van der Waals surface area contributed by atoms with Gasteiger partial charge in [-0.05, 0) is 37.1 Å². The molecule has 2 aliphatic heterocycles. The summed E-state index contributed by atoms with van der Waals surface area (Å²) in [5.41, 5.74) is -0.881. The van der Waals surface area contributed by atoms with E-state index in [0.717, 1.165) is 18.6 Å². The Morgan fingerprint density at radius 3 is 2.39 bits per heavy atom. The molecule has 3 nitrogen and oxygen atoms in total. The van der Waals surface area contributed by atoms with Gasteiger partial charge in [-0.2, -0.15) is 13.2 Å². The van der Waals surface area contributed by atoms with E-state index in [1.165, 1.54) is 11.0 Å². The highest BCUT2D eigenvalue weighted by atomic mass is 19.4. The van der Waals surface area contributed by atoms with Crippen molar-refractivity contribution in [1.29, 1.82) is 0 Å². The van der Waals surface area contributed by atoms with Crippen molar-refractivity contribution >= 4 is 5.91 Å². The van der Waals surface area contributed by atoms with Gasteiger partial charge in [0.1, 0.15) is 5.82 Å². The van der Waals surface area contributed by atoms with Crippen LogP contribution in [0.3, 0.4) is 0 Å². The molecule has 1 unspecified atom stereocenters. The van der Waals surface area contributed by atoms with E-state index in [9.17, 15) is 31.1 Å². The lowest BCUT2D eigenvalue weighted by atomic mass is 9.86. The van der Waals surface area contributed by atoms with Crippen molar-refractivity contribution in [2.75, 3.05) is 26.2 Å². The zero-order valence-corrected chi connectivity index (χ0v) is 16.5. The predicted molar refractivity (Wildman–Crippen MR) is 101 cm³/mol. The number of benzene rings is 2. The number of carbonyl (C=O) groups excluding carboxylic acids is 1. The first-order chi connectivity index (χ1) is 14.6. The molecular weight excluding hydrogens is 422 g/mol. The number of hydrogen-bond donors (Lipinski definition) is 0. The fourth-order valence-corrected chi connectivity index (χ4v) is 4.57. The second kappa shape index (κ2) is 7.85. The monoisotopic (exact) mass is 442 g/mol. The van der Waals surface area contributed by atoms with Gasteiger partial charge in [-0.3, -0.25) is 9.69 Å². The van der Waals surface area contributed by atoms with Crippen LogP contribution in [0.15, 0.2) is 36.4 Å². The average Bonchev–Trinajstić information content (AvgIpc) is 3.30. The summed E-state index contributed by atoms with van der Waals surface area (Å²) in [7, 11) is 0. The Kier molecular flexibility index (Phi) is 5.49. The van der Waals surface area contributed by atoms with Crippen molar-refractivity contribution in [2.45, 2.75) is 25.6 Å². The first-order valence-electron chi connectivity index (χ1n) is 9.89. The number of likely N-dealkylation sites (tertiary alicyclic amines) is 2. The van der Waals surface area contributed by atoms with E-state index in [1.807, 2.05) is 4.90 Å². The van der Waals surface area contributed by atoms with Gasteiger partial charge in [0.05, 0.1) is 11.1 Å². The third-order valence-electron chi connectivity index (χ3n) is 6.14. The van der Waals surface area contributed by atoms with Gasteiger partial charge in [0.25, 0.3) is 5.91 Å². The lowest BCUT2D eigenvalue weighted by molar-refractivity contribution is -0.137. The van der Waals surface area contributed by atoms with Crippen molar-refractivity contribution in [3.8, 4) is 0 Å². The predicted octanol–water partition coefficient (Wildman–Crippen LogP) is 4.86. The fraction of sp³-hybridized carbons (Fsp3) is 0.409. The first-order valence-corrected chi connectivity index (χ1v) is 9.89. The molecule has 0 N–H and O–H groups in total. The lowest BCUT2D eigenvalue weighted by Gasteiger charge is -2.25. The number of nitrogens with zero attached hydrogens (tertiary/aromatic N) is 2. The smallest absolute Gasteiger partial charge is 0.338 e. The molecule has 0 aromatic heterocycles. The minimum atomic E-state index is -4.40. The van der Waals surface area contributed by atoms with Gasteiger partial charge in [-0.1, -0.05) is 18.2 Å². The van der Waals surface area contributed by atoms with Crippen molar-refractivity contribution in [2.24, 2.45) is 5.41 Å². The SMILES string of the molecule is O=C(c1cc(F)c(F)cc1F)N1CCC2(CCN(Cc3cccc(C(F)(F)F)c3)C2)C1. The Labute approximate surface area is 175 Å². The Morgan fingerprint density at radius 1 is 0.935 bits per heavy atom. The Bertz CT molecular complexity index is 1010. The topological polar surface area (TPSA) is 23.6 Å². The zero-order valence-electron chi connectivity index (χ0n) is 16.5. The van der Waals surface area contributed by atoms with Gasteiger partial charge in [0, 0.05) is 37.7 Å². The molecule has 2 aromatic carbocycles. The molecule has 1 spiro atoms. The maximum atomic E-state index is 14.0. The van der Waals surface area contributed by atoms with Crippen LogP contribution >= 0.6 is 0 Å². The van der Waals surface area contributed by atoms with Crippen LogP contribution in [0, 0.1) is 22.9 Å². The van der Waals surface area contributed by atoms with Gasteiger partial charge < -0.3 is 4.90 Å². The molecule has 0 aliphatic carbocycles. The number of rotatable bonds is 3. The molecule has 4 rings (SSSR count). The first kappa shape index (κ1) is 21.7. The molecule has 2 heterocycles. The number of amides is 1. The maximum Gasteiger partial charge on any atom is 0.416 e. The van der Waals surface area contributed by atoms with Crippen LogP contribution in [-0.2, 0) is 12.7 Å². The summed E-state index contributed by atoms with van der Waals surface area (Å²) < 4.78 is 79.4. The summed E-state index contributed by atoms with van der Waals surface area (Å²) >= 11 is 0. The molecule has 1 amide bonds. The van der Waals surface area contributed by atoms with Gasteiger partial charge in [-0.25, -0.2) is 13.2 Å². The largest absolute Gasteiger partial charge is 0.416 e. The summed E-state index contributed by atoms with van der Waals surface area (Å²) in [4.78, 5) is 16.1. The number of hydrogen-bond acceptors (Lipinski definition) is 2. The van der Waals surface area contributed by atoms with Crippen LogP contribution in [-0.4, -0.2) is 41.9 Å². The molecule has 2 aliphatic rings. The summed E-state index contributed by atoms with van der Waals surface area (Å²) in [5.74, 6) is -4.44. The molecule has 2 saturated heterocycles. The molecule has 0 bridgehead atoms. The molecule has 0 saturated carbocycles. The highest BCUT2D eigenvalue weighted by molar-refractivity contribution is 5.94. The van der Waals surface area contributed by atoms with Gasteiger partial charge in [0.2, 0.25) is 0 Å². The van der Waals surface area contributed by atoms with E-state index in [-0.39, 0.29) is 5.41 Å². The second-order valence-corrected chi connectivity index (χ2v) is 8.38. The molecule has 2 fully saturated rings. The summed E-state index contributed by atoms with van der Waals surface area (Å²) in [5, 5.41) is 0. The van der Waals surface area contributed by atoms with E-state index in [0.29, 0.717) is 56.8 Å². The van der Waals surface area contributed by atoms with Gasteiger partial charge >= 0.3 is 6.18 Å². The summed E-state index contributed by atoms with van der Waals surface area (Å²) in [6.45, 7) is 2.31. The average molecular weight is 442 g/mol. The van der Waals surface area contributed by atoms with Crippen LogP contribution in [0.25, 0.3) is 0 Å². The quantitative estimate of drug-likeness (QED) is 0.501. The van der Waals surface area contributed by atoms with Crippen molar-refractivity contribution in [1.82, 2.24) is 9.80 Å². The fourth-order valence-electron chi connectivity index (χ4n) is 4.57. The minimum absolute atomic E-state index is 0.244. The summed E-state index contributed by atoms with van der Waals surface area (Å²) in [6, 6.07) is 6.15. The van der Waals surface area contributed by atoms with Crippen LogP contribution in [0.2, 0.25) is 0 Å². The van der Waals surface area contributed by atoms with Crippen LogP contribution in [0.1, 0.15) is 34.3 Å². The summed E-state index contributed by atoms with van der Waals surface area (Å²) in [6.07, 6.45) is -3.00. The van der Waals surface area contributed by atoms with Crippen molar-refractivity contribution in [3.05, 3.63) is 70.5 Å². The molecule has 166 valence electrons. The third-order valence-corrected chi connectivity index (χ3v) is 6.14. The van der Waals surface area contributed by atoms with Crippen molar-refractivity contribution < 1.29 is 31.1 Å². The van der Waals surface area contributed by atoms with Crippen molar-refractivity contribution in [3.63, 3.8) is 0 Å². The Morgan fingerprint density at radius 2 is 1.65 bits per heavy atom. The molecule has 2 aromatic rings. The van der Waals surface area contributed by atoms with E-state index >= 15 is 0 Å². The Hall–Kier alpha value is -2.55. The highest BCUT2D eigenvalue weighted by Crippen LogP contribution is 2.40. The highest BCUT2D eigenvalue weighted by Gasteiger charge is 2.45. The zero-order chi connectivity index (χ0) is 22.4. The third kappa shape index (κ3) is 4.42.